The standard InChI is InChI=1S/C24H33N3O2S/c1-18(2)14-22(28)26-23(20-9-4-3-5-10-20)24(29)25-15-19-8-6-12-27(16-19)17-21-11-7-13-30-21/h3-5,7,9-11,13,18-19,23H,6,8,12,14-17H2,1-2H3,(H,25,29)(H,26,28). The Morgan fingerprint density at radius 1 is 1.17 bits per heavy atom. The Labute approximate surface area is 183 Å². The summed E-state index contributed by atoms with van der Waals surface area (Å²) in [6.45, 7) is 7.74. The van der Waals surface area contributed by atoms with E-state index in [2.05, 4.69) is 33.0 Å². The van der Waals surface area contributed by atoms with Crippen molar-refractivity contribution in [3.63, 3.8) is 0 Å². The van der Waals surface area contributed by atoms with Gasteiger partial charge in [0.25, 0.3) is 0 Å². The van der Waals surface area contributed by atoms with Gasteiger partial charge in [-0.3, -0.25) is 14.5 Å². The number of hydrogen-bond acceptors (Lipinski definition) is 4. The Hall–Kier alpha value is -2.18. The lowest BCUT2D eigenvalue weighted by Gasteiger charge is -2.32. The molecule has 1 aromatic carbocycles. The maximum atomic E-state index is 13.0. The van der Waals surface area contributed by atoms with Crippen LogP contribution in [0.25, 0.3) is 0 Å². The molecule has 1 fully saturated rings. The Balaban J connectivity index is 1.56. The number of piperidine rings is 1. The number of thiophene rings is 1. The van der Waals surface area contributed by atoms with Crippen molar-refractivity contribution in [2.24, 2.45) is 11.8 Å². The van der Waals surface area contributed by atoms with Crippen LogP contribution in [0.1, 0.15) is 49.6 Å². The Morgan fingerprint density at radius 3 is 2.67 bits per heavy atom. The van der Waals surface area contributed by atoms with Crippen LogP contribution in [0.3, 0.4) is 0 Å². The lowest BCUT2D eigenvalue weighted by Crippen LogP contribution is -2.44. The number of benzene rings is 1. The summed E-state index contributed by atoms with van der Waals surface area (Å²) in [4.78, 5) is 29.2. The predicted molar refractivity (Wildman–Crippen MR) is 122 cm³/mol. The molecule has 3 rings (SSSR count). The van der Waals surface area contributed by atoms with Crippen molar-refractivity contribution in [2.75, 3.05) is 19.6 Å². The fourth-order valence-corrected chi connectivity index (χ4v) is 4.71. The van der Waals surface area contributed by atoms with Crippen LogP contribution in [0.5, 0.6) is 0 Å². The lowest BCUT2D eigenvalue weighted by atomic mass is 9.97. The Kier molecular flexibility index (Phi) is 8.46. The second kappa shape index (κ2) is 11.3. The number of carbonyl (C=O) groups excluding carboxylic acids is 2. The predicted octanol–water partition coefficient (Wildman–Crippen LogP) is 3.98. The summed E-state index contributed by atoms with van der Waals surface area (Å²) in [5.41, 5.74) is 0.815. The van der Waals surface area contributed by atoms with E-state index in [1.807, 2.05) is 44.2 Å². The first-order chi connectivity index (χ1) is 14.5. The highest BCUT2D eigenvalue weighted by Gasteiger charge is 2.25. The number of rotatable bonds is 9. The number of nitrogens with zero attached hydrogens (tertiary/aromatic N) is 1. The van der Waals surface area contributed by atoms with E-state index in [1.54, 1.807) is 11.3 Å². The number of carbonyl (C=O) groups is 2. The molecule has 2 heterocycles. The van der Waals surface area contributed by atoms with Gasteiger partial charge in [0.1, 0.15) is 6.04 Å². The van der Waals surface area contributed by atoms with Crippen molar-refractivity contribution in [3.8, 4) is 0 Å². The van der Waals surface area contributed by atoms with Crippen LogP contribution in [0, 0.1) is 11.8 Å². The van der Waals surface area contributed by atoms with Gasteiger partial charge in [-0.05, 0) is 48.2 Å². The molecule has 5 nitrogen and oxygen atoms in total. The maximum Gasteiger partial charge on any atom is 0.247 e. The summed E-state index contributed by atoms with van der Waals surface area (Å²) in [5.74, 6) is 0.467. The molecule has 2 amide bonds. The number of nitrogens with one attached hydrogen (secondary N) is 2. The molecule has 162 valence electrons. The zero-order valence-corrected chi connectivity index (χ0v) is 18.8. The summed E-state index contributed by atoms with van der Waals surface area (Å²) in [6.07, 6.45) is 2.69. The van der Waals surface area contributed by atoms with Gasteiger partial charge in [-0.15, -0.1) is 11.3 Å². The summed E-state index contributed by atoms with van der Waals surface area (Å²) in [5, 5.41) is 8.16. The van der Waals surface area contributed by atoms with Crippen molar-refractivity contribution in [1.82, 2.24) is 15.5 Å². The van der Waals surface area contributed by atoms with Crippen LogP contribution < -0.4 is 10.6 Å². The molecule has 0 spiro atoms. The average molecular weight is 428 g/mol. The van der Waals surface area contributed by atoms with Crippen LogP contribution in [-0.2, 0) is 16.1 Å². The second-order valence-corrected chi connectivity index (χ2v) is 9.61. The molecular weight excluding hydrogens is 394 g/mol. The fraction of sp³-hybridized carbons (Fsp3) is 0.500. The van der Waals surface area contributed by atoms with Crippen LogP contribution in [0.4, 0.5) is 0 Å². The molecule has 0 aliphatic carbocycles. The normalized spacial score (nSPS) is 18.2. The van der Waals surface area contributed by atoms with Crippen molar-refractivity contribution >= 4 is 23.2 Å². The van der Waals surface area contributed by atoms with Crippen molar-refractivity contribution in [3.05, 3.63) is 58.3 Å². The molecule has 2 unspecified atom stereocenters. The van der Waals surface area contributed by atoms with Gasteiger partial charge in [-0.1, -0.05) is 50.2 Å². The van der Waals surface area contributed by atoms with Gasteiger partial charge in [-0.25, -0.2) is 0 Å². The van der Waals surface area contributed by atoms with E-state index < -0.39 is 6.04 Å². The minimum absolute atomic E-state index is 0.0891. The maximum absolute atomic E-state index is 13.0. The van der Waals surface area contributed by atoms with Gasteiger partial charge in [0.05, 0.1) is 0 Å². The molecule has 0 saturated carbocycles. The van der Waals surface area contributed by atoms with E-state index in [9.17, 15) is 9.59 Å². The zero-order valence-electron chi connectivity index (χ0n) is 18.0. The first-order valence-electron chi connectivity index (χ1n) is 10.9. The average Bonchev–Trinajstić information content (AvgIpc) is 3.24. The topological polar surface area (TPSA) is 61.4 Å². The SMILES string of the molecule is CC(C)CC(=O)NC(C(=O)NCC1CCCN(Cc2cccs2)C1)c1ccccc1. The van der Waals surface area contributed by atoms with E-state index in [4.69, 9.17) is 0 Å². The van der Waals surface area contributed by atoms with Crippen LogP contribution in [-0.4, -0.2) is 36.3 Å². The molecule has 1 aliphatic heterocycles. The zero-order chi connectivity index (χ0) is 21.3. The third kappa shape index (κ3) is 6.96. The first kappa shape index (κ1) is 22.5. The monoisotopic (exact) mass is 427 g/mol. The molecule has 30 heavy (non-hydrogen) atoms. The van der Waals surface area contributed by atoms with E-state index in [1.165, 1.54) is 4.88 Å². The van der Waals surface area contributed by atoms with Crippen LogP contribution in [0.15, 0.2) is 47.8 Å². The quantitative estimate of drug-likeness (QED) is 0.636. The second-order valence-electron chi connectivity index (χ2n) is 8.58. The van der Waals surface area contributed by atoms with E-state index in [0.29, 0.717) is 18.9 Å². The smallest absolute Gasteiger partial charge is 0.247 e. The van der Waals surface area contributed by atoms with Gasteiger partial charge in [0, 0.05) is 30.9 Å². The third-order valence-corrected chi connectivity index (χ3v) is 6.28. The van der Waals surface area contributed by atoms with E-state index in [-0.39, 0.29) is 17.7 Å². The van der Waals surface area contributed by atoms with Crippen LogP contribution >= 0.6 is 11.3 Å². The first-order valence-corrected chi connectivity index (χ1v) is 11.8. The minimum Gasteiger partial charge on any atom is -0.354 e. The molecule has 1 aliphatic rings. The Bertz CT molecular complexity index is 792. The number of likely N-dealkylation sites (tertiary alicyclic amines) is 1. The van der Waals surface area contributed by atoms with Gasteiger partial charge >= 0.3 is 0 Å². The molecule has 6 heteroatoms. The lowest BCUT2D eigenvalue weighted by molar-refractivity contribution is -0.129. The highest BCUT2D eigenvalue weighted by atomic mass is 32.1. The molecule has 1 aromatic heterocycles. The molecule has 2 aromatic rings. The van der Waals surface area contributed by atoms with Crippen molar-refractivity contribution in [1.29, 1.82) is 0 Å². The molecule has 0 radical (unpaired) electrons. The van der Waals surface area contributed by atoms with Gasteiger partial charge in [-0.2, -0.15) is 0 Å². The fourth-order valence-electron chi connectivity index (χ4n) is 3.97. The van der Waals surface area contributed by atoms with Gasteiger partial charge in [0.2, 0.25) is 11.8 Å². The molecule has 0 bridgehead atoms. The largest absolute Gasteiger partial charge is 0.354 e. The Morgan fingerprint density at radius 2 is 1.97 bits per heavy atom. The van der Waals surface area contributed by atoms with Gasteiger partial charge < -0.3 is 10.6 Å². The summed E-state index contributed by atoms with van der Waals surface area (Å²) < 4.78 is 0. The molecule has 2 N–H and O–H groups in total. The molecule has 1 saturated heterocycles. The molecular formula is C24H33N3O2S. The van der Waals surface area contributed by atoms with Crippen molar-refractivity contribution < 1.29 is 9.59 Å². The summed E-state index contributed by atoms with van der Waals surface area (Å²) >= 11 is 1.80. The van der Waals surface area contributed by atoms with Crippen LogP contribution in [0.2, 0.25) is 0 Å². The third-order valence-electron chi connectivity index (χ3n) is 5.42. The molecule has 2 atom stereocenters. The number of amides is 2. The summed E-state index contributed by atoms with van der Waals surface area (Å²) in [6, 6.07) is 13.1. The van der Waals surface area contributed by atoms with Gasteiger partial charge in [0.15, 0.2) is 0 Å². The highest BCUT2D eigenvalue weighted by molar-refractivity contribution is 7.09. The van der Waals surface area contributed by atoms with Crippen molar-refractivity contribution in [2.45, 2.75) is 45.7 Å². The minimum atomic E-state index is -0.650. The number of hydrogen-bond donors (Lipinski definition) is 2. The highest BCUT2D eigenvalue weighted by Crippen LogP contribution is 2.20. The van der Waals surface area contributed by atoms with E-state index >= 15 is 0 Å². The van der Waals surface area contributed by atoms with E-state index in [0.717, 1.165) is 38.0 Å². The summed E-state index contributed by atoms with van der Waals surface area (Å²) in [7, 11) is 0.